The van der Waals surface area contributed by atoms with Crippen molar-refractivity contribution in [2.24, 2.45) is 5.73 Å². The molecule has 3 aliphatic rings. The van der Waals surface area contributed by atoms with Crippen molar-refractivity contribution in [1.82, 2.24) is 0 Å². The van der Waals surface area contributed by atoms with Crippen LogP contribution < -0.4 is 5.73 Å². The zero-order valence-electron chi connectivity index (χ0n) is 20.4. The number of ether oxygens (including phenoxy) is 2. The average Bonchev–Trinajstić information content (AvgIpc) is 2.82. The molecule has 0 aromatic heterocycles. The monoisotopic (exact) mass is 575 g/mol. The summed E-state index contributed by atoms with van der Waals surface area (Å²) in [6.45, 7) is 2.80. The van der Waals surface area contributed by atoms with Gasteiger partial charge in [0, 0.05) is 47.6 Å². The summed E-state index contributed by atoms with van der Waals surface area (Å²) in [5, 5.41) is 43.8. The summed E-state index contributed by atoms with van der Waals surface area (Å²) in [5.74, 6) is -3.06. The van der Waals surface area contributed by atoms with Gasteiger partial charge in [-0.05, 0) is 13.8 Å². The predicted molar refractivity (Wildman–Crippen MR) is 134 cm³/mol. The van der Waals surface area contributed by atoms with Crippen LogP contribution in [0.15, 0.2) is 24.3 Å². The number of carbonyl (C=O) groups is 3. The Kier molecular flexibility index (Phi) is 7.13. The van der Waals surface area contributed by atoms with Crippen molar-refractivity contribution in [3.8, 4) is 11.5 Å². The molecule has 1 saturated heterocycles. The van der Waals surface area contributed by atoms with Crippen LogP contribution in [0, 0.1) is 0 Å². The van der Waals surface area contributed by atoms with Crippen LogP contribution in [0.5, 0.6) is 11.5 Å². The number of ketones is 3. The van der Waals surface area contributed by atoms with E-state index in [-0.39, 0.29) is 64.2 Å². The third-order valence-corrected chi connectivity index (χ3v) is 7.50. The molecule has 1 heterocycles. The molecule has 0 radical (unpaired) electrons. The molecule has 7 atom stereocenters. The maximum atomic E-state index is 13.3. The van der Waals surface area contributed by atoms with Crippen LogP contribution in [0.25, 0.3) is 0 Å². The summed E-state index contributed by atoms with van der Waals surface area (Å²) in [6.07, 6.45) is -4.38. The third-order valence-electron chi connectivity index (χ3n) is 7.50. The molecule has 2 aliphatic carbocycles. The van der Waals surface area contributed by atoms with Gasteiger partial charge in [-0.1, -0.05) is 24.3 Å². The van der Waals surface area contributed by atoms with Crippen molar-refractivity contribution in [3.05, 3.63) is 57.6 Å². The van der Waals surface area contributed by atoms with Gasteiger partial charge < -0.3 is 35.6 Å². The molecule has 10 nitrogen and oxygen atoms in total. The first-order chi connectivity index (χ1) is 16.9. The van der Waals surface area contributed by atoms with E-state index in [1.54, 1.807) is 19.1 Å². The van der Waals surface area contributed by atoms with Crippen LogP contribution in [0.2, 0.25) is 0 Å². The normalized spacial score (nSPS) is 30.6. The minimum absolute atomic E-state index is 0. The van der Waals surface area contributed by atoms with Gasteiger partial charge in [0.05, 0.1) is 29.4 Å². The van der Waals surface area contributed by atoms with E-state index < -0.39 is 71.5 Å². The summed E-state index contributed by atoms with van der Waals surface area (Å²) >= 11 is 0. The number of hydrogen-bond acceptors (Lipinski definition) is 10. The number of rotatable bonds is 3. The molecule has 1 fully saturated rings. The second-order valence-electron chi connectivity index (χ2n) is 9.80. The first kappa shape index (κ1) is 27.4. The van der Waals surface area contributed by atoms with Crippen molar-refractivity contribution in [1.29, 1.82) is 0 Å². The molecule has 11 heteroatoms. The Morgan fingerprint density at radius 2 is 1.68 bits per heavy atom. The third kappa shape index (κ3) is 4.22. The molecule has 0 saturated carbocycles. The molecule has 37 heavy (non-hydrogen) atoms. The van der Waals surface area contributed by atoms with Crippen LogP contribution in [0.3, 0.4) is 0 Å². The van der Waals surface area contributed by atoms with Gasteiger partial charge in [0.15, 0.2) is 23.6 Å². The topological polar surface area (TPSA) is 177 Å². The molecular formula is C26H30AsNO9. The zero-order chi connectivity index (χ0) is 26.1. The van der Waals surface area contributed by atoms with Gasteiger partial charge in [-0.3, -0.25) is 14.4 Å². The van der Waals surface area contributed by atoms with E-state index in [0.29, 0.717) is 0 Å². The number of benzene rings is 2. The van der Waals surface area contributed by atoms with E-state index in [2.05, 4.69) is 0 Å². The van der Waals surface area contributed by atoms with Gasteiger partial charge in [-0.15, -0.1) is 0 Å². The minimum atomic E-state index is -1.97. The second kappa shape index (κ2) is 9.62. The number of phenolic OH excluding ortho intramolecular Hbond substituents is 2. The number of aromatic hydroxyl groups is 2. The van der Waals surface area contributed by atoms with E-state index in [1.807, 2.05) is 0 Å². The number of aliphatic hydroxyl groups is 2. The van der Waals surface area contributed by atoms with Crippen LogP contribution in [-0.2, 0) is 20.7 Å². The van der Waals surface area contributed by atoms with Crippen LogP contribution in [0.1, 0.15) is 75.8 Å². The van der Waals surface area contributed by atoms with Gasteiger partial charge in [-0.2, -0.15) is 0 Å². The van der Waals surface area contributed by atoms with Gasteiger partial charge in [-0.25, -0.2) is 0 Å². The number of phenols is 2. The maximum absolute atomic E-state index is 13.3. The number of fused-ring (bicyclic) bond motifs is 3. The van der Waals surface area contributed by atoms with Gasteiger partial charge >= 0.3 is 18.0 Å². The van der Waals surface area contributed by atoms with E-state index >= 15 is 0 Å². The zero-order valence-corrected chi connectivity index (χ0v) is 23.4. The van der Waals surface area contributed by atoms with Gasteiger partial charge in [0.2, 0.25) is 0 Å². The number of Topliss-reactive ketones (excluding diaryl/α,β-unsaturated/α-hetero) is 1. The second-order valence-corrected chi connectivity index (χ2v) is 9.80. The number of carbonyl (C=O) groups excluding carboxylic acids is 3. The Morgan fingerprint density at radius 1 is 1.11 bits per heavy atom. The summed E-state index contributed by atoms with van der Waals surface area (Å²) in [5.41, 5.74) is 3.38. The number of aliphatic hydroxyl groups excluding tert-OH is 1. The molecule has 2 aromatic carbocycles. The Morgan fingerprint density at radius 3 is 2.22 bits per heavy atom. The molecule has 2 aromatic rings. The molecule has 1 unspecified atom stereocenters. The number of hydrogen-bond donors (Lipinski definition) is 5. The Bertz CT molecular complexity index is 1300. The molecule has 5 rings (SSSR count). The summed E-state index contributed by atoms with van der Waals surface area (Å²) < 4.78 is 11.8. The van der Waals surface area contributed by atoms with E-state index in [0.717, 1.165) is 0 Å². The van der Waals surface area contributed by atoms with Crippen LogP contribution >= 0.6 is 0 Å². The van der Waals surface area contributed by atoms with Crippen molar-refractivity contribution >= 4 is 35.3 Å². The quantitative estimate of drug-likeness (QED) is 0.208. The van der Waals surface area contributed by atoms with E-state index in [1.165, 1.54) is 19.1 Å². The van der Waals surface area contributed by atoms with Crippen molar-refractivity contribution < 1.29 is 44.3 Å². The molecular weight excluding hydrogens is 545 g/mol. The fraction of sp³-hybridized carbons (Fsp3) is 0.423. The van der Waals surface area contributed by atoms with E-state index in [9.17, 15) is 34.8 Å². The summed E-state index contributed by atoms with van der Waals surface area (Å²) in [7, 11) is 0. The molecule has 0 spiro atoms. The standard InChI is InChI=1S/C26H27NO9.AsH3/c1-10-21(29)15(27)7-17(35-10)36-16-9-26(34,11(2)28)8-14-18(16)25(33)20-19(24(14)32)22(30)12-5-3-4-6-13(12)23(20)31;/h3-6,10,15-17,21,29,32-34H,7-9,27H2,1-2H3;1H3/t10-,15-,16-,17-,21+,26-;/m0./s1. The summed E-state index contributed by atoms with van der Waals surface area (Å²) in [4.78, 5) is 39.0. The molecule has 0 bridgehead atoms. The first-order valence-electron chi connectivity index (χ1n) is 11.7. The molecule has 6 N–H and O–H groups in total. The SMILES string of the molecule is CC(=O)[C@]1(O)Cc2c(O)c3c(c(O)c2[C@@H](O[C@H]2C[C@H](N)[C@H](O)[C@H](C)O2)C1)C(=O)c1ccccc1C3=O.[AsH3]. The Labute approximate surface area is 223 Å². The molecule has 1 aliphatic heterocycles. The number of nitrogens with two attached hydrogens (primary N) is 1. The fourth-order valence-electron chi connectivity index (χ4n) is 5.42. The average molecular weight is 575 g/mol. The van der Waals surface area contributed by atoms with Crippen molar-refractivity contribution in [2.45, 2.75) is 69.4 Å². The van der Waals surface area contributed by atoms with Crippen molar-refractivity contribution in [2.75, 3.05) is 0 Å². The first-order valence-corrected chi connectivity index (χ1v) is 11.7. The van der Waals surface area contributed by atoms with Crippen LogP contribution in [0.4, 0.5) is 0 Å². The fourth-order valence-corrected chi connectivity index (χ4v) is 5.42. The Balaban J connectivity index is 0.00000320. The van der Waals surface area contributed by atoms with Gasteiger partial charge in [0.25, 0.3) is 0 Å². The van der Waals surface area contributed by atoms with Crippen molar-refractivity contribution in [3.63, 3.8) is 0 Å². The molecule has 198 valence electrons. The predicted octanol–water partition coefficient (Wildman–Crippen LogP) is -0.164. The Hall–Kier alpha value is -2.59. The van der Waals surface area contributed by atoms with E-state index in [4.69, 9.17) is 15.2 Å². The molecule has 0 amide bonds. The van der Waals surface area contributed by atoms with Crippen LogP contribution in [-0.4, -0.2) is 85.9 Å². The van der Waals surface area contributed by atoms with Gasteiger partial charge in [0.1, 0.15) is 17.1 Å². The summed E-state index contributed by atoms with van der Waals surface area (Å²) in [6, 6.07) is 5.40.